The second-order valence-corrected chi connectivity index (χ2v) is 7.64. The fraction of sp³-hybridized carbons (Fsp3) is 0.381. The molecule has 0 aromatic heterocycles. The third-order valence-electron chi connectivity index (χ3n) is 4.89. The van der Waals surface area contributed by atoms with Gasteiger partial charge in [0.2, 0.25) is 0 Å². The van der Waals surface area contributed by atoms with E-state index in [9.17, 15) is 4.79 Å². The van der Waals surface area contributed by atoms with Crippen LogP contribution in [0.3, 0.4) is 0 Å². The number of halogens is 2. The van der Waals surface area contributed by atoms with Crippen molar-refractivity contribution in [3.63, 3.8) is 0 Å². The molecule has 0 aliphatic carbocycles. The summed E-state index contributed by atoms with van der Waals surface area (Å²) in [5, 5.41) is 3.77. The summed E-state index contributed by atoms with van der Waals surface area (Å²) in [4.78, 5) is 17.2. The molecule has 1 heterocycles. The Hall–Kier alpha value is -1.95. The quantitative estimate of drug-likeness (QED) is 0.743. The second kappa shape index (κ2) is 9.50. The fourth-order valence-corrected chi connectivity index (χ4v) is 3.59. The second-order valence-electron chi connectivity index (χ2n) is 6.79. The van der Waals surface area contributed by atoms with Crippen LogP contribution in [0.25, 0.3) is 0 Å². The normalized spacial score (nSPS) is 15.9. The van der Waals surface area contributed by atoms with Gasteiger partial charge in [-0.15, -0.1) is 0 Å². The van der Waals surface area contributed by atoms with Crippen molar-refractivity contribution in [3.05, 3.63) is 52.5 Å². The summed E-state index contributed by atoms with van der Waals surface area (Å²) in [5.74, 6) is 0.186. The molecule has 28 heavy (non-hydrogen) atoms. The number of nitrogens with zero attached hydrogens (tertiary/aromatic N) is 2. The van der Waals surface area contributed by atoms with Gasteiger partial charge in [-0.05, 0) is 55.9 Å². The molecule has 0 spiro atoms. The molecule has 150 valence electrons. The zero-order chi connectivity index (χ0) is 20.1. The summed E-state index contributed by atoms with van der Waals surface area (Å²) in [6, 6.07) is 12.8. The van der Waals surface area contributed by atoms with Crippen LogP contribution >= 0.6 is 23.2 Å². The largest absolute Gasteiger partial charge is 0.479 e. The van der Waals surface area contributed by atoms with Crippen LogP contribution in [0.1, 0.15) is 13.8 Å². The van der Waals surface area contributed by atoms with Crippen LogP contribution < -0.4 is 15.0 Å². The Morgan fingerprint density at radius 1 is 1.11 bits per heavy atom. The monoisotopic (exact) mass is 421 g/mol. The molecule has 1 fully saturated rings. The Morgan fingerprint density at radius 2 is 1.79 bits per heavy atom. The van der Waals surface area contributed by atoms with Crippen LogP contribution in [-0.4, -0.2) is 49.6 Å². The minimum absolute atomic E-state index is 0.240. The van der Waals surface area contributed by atoms with Crippen molar-refractivity contribution in [2.24, 2.45) is 0 Å². The maximum atomic E-state index is 12.4. The van der Waals surface area contributed by atoms with Gasteiger partial charge >= 0.3 is 0 Å². The molecule has 1 atom stereocenters. The van der Waals surface area contributed by atoms with Crippen LogP contribution in [0.4, 0.5) is 11.4 Å². The van der Waals surface area contributed by atoms with Crippen molar-refractivity contribution < 1.29 is 9.53 Å². The number of anilines is 2. The Kier molecular flexibility index (Phi) is 7.05. The number of hydrogen-bond donors (Lipinski definition) is 1. The molecule has 7 heteroatoms. The minimum atomic E-state index is -0.694. The lowest BCUT2D eigenvalue weighted by atomic mass is 10.2. The molecular weight excluding hydrogens is 397 g/mol. The maximum Gasteiger partial charge on any atom is 0.265 e. The van der Waals surface area contributed by atoms with Gasteiger partial charge < -0.3 is 19.9 Å². The molecular formula is C21H25Cl2N3O2. The molecule has 1 aliphatic heterocycles. The zero-order valence-electron chi connectivity index (χ0n) is 16.1. The van der Waals surface area contributed by atoms with E-state index >= 15 is 0 Å². The standard InChI is InChI=1S/C21H25Cl2N3O2/c1-3-25-10-12-26(13-11-25)18-7-5-17(6-8-18)24-21(27)15(2)28-20-9-4-16(22)14-19(20)23/h4-9,14-15H,3,10-13H2,1-2H3,(H,24,27). The predicted molar refractivity (Wildman–Crippen MR) is 116 cm³/mol. The number of carbonyl (C=O) groups is 1. The predicted octanol–water partition coefficient (Wildman–Crippen LogP) is 4.54. The molecule has 1 aliphatic rings. The van der Waals surface area contributed by atoms with Crippen LogP contribution in [0, 0.1) is 0 Å². The van der Waals surface area contributed by atoms with Gasteiger partial charge in [-0.2, -0.15) is 0 Å². The fourth-order valence-electron chi connectivity index (χ4n) is 3.14. The van der Waals surface area contributed by atoms with Crippen molar-refractivity contribution in [1.29, 1.82) is 0 Å². The van der Waals surface area contributed by atoms with Gasteiger partial charge in [0.05, 0.1) is 5.02 Å². The summed E-state index contributed by atoms with van der Waals surface area (Å²) < 4.78 is 5.66. The highest BCUT2D eigenvalue weighted by atomic mass is 35.5. The Balaban J connectivity index is 1.55. The first-order chi connectivity index (χ1) is 13.5. The van der Waals surface area contributed by atoms with Crippen LogP contribution in [0.15, 0.2) is 42.5 Å². The number of hydrogen-bond acceptors (Lipinski definition) is 4. The molecule has 2 aromatic carbocycles. The number of carbonyl (C=O) groups excluding carboxylic acids is 1. The summed E-state index contributed by atoms with van der Waals surface area (Å²) in [5.41, 5.74) is 1.91. The maximum absolute atomic E-state index is 12.4. The Morgan fingerprint density at radius 3 is 2.39 bits per heavy atom. The highest BCUT2D eigenvalue weighted by molar-refractivity contribution is 6.35. The molecule has 5 nitrogen and oxygen atoms in total. The first-order valence-corrected chi connectivity index (χ1v) is 10.2. The van der Waals surface area contributed by atoms with Crippen molar-refractivity contribution in [2.75, 3.05) is 42.9 Å². The molecule has 1 unspecified atom stereocenters. The number of amides is 1. The number of nitrogens with one attached hydrogen (secondary N) is 1. The highest BCUT2D eigenvalue weighted by Gasteiger charge is 2.18. The molecule has 0 radical (unpaired) electrons. The summed E-state index contributed by atoms with van der Waals surface area (Å²) in [6.45, 7) is 9.17. The molecule has 0 bridgehead atoms. The van der Waals surface area contributed by atoms with E-state index in [2.05, 4.69) is 22.0 Å². The van der Waals surface area contributed by atoms with Gasteiger partial charge in [0, 0.05) is 42.6 Å². The molecule has 1 amide bonds. The SMILES string of the molecule is CCN1CCN(c2ccc(NC(=O)C(C)Oc3ccc(Cl)cc3Cl)cc2)CC1. The minimum Gasteiger partial charge on any atom is -0.479 e. The van der Waals surface area contributed by atoms with Gasteiger partial charge in [0.15, 0.2) is 6.10 Å². The van der Waals surface area contributed by atoms with Gasteiger partial charge in [-0.25, -0.2) is 0 Å². The van der Waals surface area contributed by atoms with Crippen molar-refractivity contribution in [1.82, 2.24) is 4.90 Å². The van der Waals surface area contributed by atoms with Gasteiger partial charge in [-0.1, -0.05) is 30.1 Å². The van der Waals surface area contributed by atoms with E-state index in [1.165, 1.54) is 5.69 Å². The van der Waals surface area contributed by atoms with Crippen molar-refractivity contribution in [3.8, 4) is 5.75 Å². The lowest BCUT2D eigenvalue weighted by Crippen LogP contribution is -2.46. The number of benzene rings is 2. The Bertz CT molecular complexity index is 806. The molecule has 0 saturated carbocycles. The van der Waals surface area contributed by atoms with E-state index in [1.807, 2.05) is 24.3 Å². The van der Waals surface area contributed by atoms with Crippen LogP contribution in [-0.2, 0) is 4.79 Å². The molecule has 1 saturated heterocycles. The summed E-state index contributed by atoms with van der Waals surface area (Å²) in [7, 11) is 0. The van der Waals surface area contributed by atoms with Crippen LogP contribution in [0.5, 0.6) is 5.75 Å². The van der Waals surface area contributed by atoms with Crippen LogP contribution in [0.2, 0.25) is 10.0 Å². The van der Waals surface area contributed by atoms with Gasteiger partial charge in [0.25, 0.3) is 5.91 Å². The van der Waals surface area contributed by atoms with E-state index in [0.717, 1.165) is 38.4 Å². The Labute approximate surface area is 176 Å². The average Bonchev–Trinajstić information content (AvgIpc) is 2.70. The smallest absolute Gasteiger partial charge is 0.265 e. The number of piperazine rings is 1. The first kappa shape index (κ1) is 20.8. The lowest BCUT2D eigenvalue weighted by Gasteiger charge is -2.35. The average molecular weight is 422 g/mol. The third kappa shape index (κ3) is 5.31. The third-order valence-corrected chi connectivity index (χ3v) is 5.42. The van der Waals surface area contributed by atoms with E-state index in [0.29, 0.717) is 15.8 Å². The van der Waals surface area contributed by atoms with E-state index in [1.54, 1.807) is 25.1 Å². The number of ether oxygens (including phenoxy) is 1. The molecule has 1 N–H and O–H groups in total. The van der Waals surface area contributed by atoms with E-state index < -0.39 is 6.10 Å². The van der Waals surface area contributed by atoms with Crippen molar-refractivity contribution >= 4 is 40.5 Å². The summed E-state index contributed by atoms with van der Waals surface area (Å²) in [6.07, 6.45) is -0.694. The van der Waals surface area contributed by atoms with Crippen molar-refractivity contribution in [2.45, 2.75) is 20.0 Å². The lowest BCUT2D eigenvalue weighted by molar-refractivity contribution is -0.122. The van der Waals surface area contributed by atoms with Gasteiger partial charge in [0.1, 0.15) is 5.75 Å². The summed E-state index contributed by atoms with van der Waals surface area (Å²) >= 11 is 12.0. The topological polar surface area (TPSA) is 44.8 Å². The first-order valence-electron chi connectivity index (χ1n) is 9.46. The molecule has 3 rings (SSSR count). The highest BCUT2D eigenvalue weighted by Crippen LogP contribution is 2.28. The number of rotatable bonds is 6. The van der Waals surface area contributed by atoms with Gasteiger partial charge in [-0.3, -0.25) is 4.79 Å². The van der Waals surface area contributed by atoms with E-state index in [-0.39, 0.29) is 5.91 Å². The number of likely N-dealkylation sites (N-methyl/N-ethyl adjacent to an activating group) is 1. The van der Waals surface area contributed by atoms with E-state index in [4.69, 9.17) is 27.9 Å². The molecule has 2 aromatic rings. The zero-order valence-corrected chi connectivity index (χ0v) is 17.6.